The molecular weight excluding hydrogens is 254 g/mol. The van der Waals surface area contributed by atoms with Crippen molar-refractivity contribution in [1.82, 2.24) is 14.8 Å². The zero-order valence-corrected chi connectivity index (χ0v) is 11.9. The molecule has 0 aliphatic carbocycles. The summed E-state index contributed by atoms with van der Waals surface area (Å²) in [7, 11) is 0. The van der Waals surface area contributed by atoms with Gasteiger partial charge < -0.3 is 9.84 Å². The second-order valence-electron chi connectivity index (χ2n) is 5.59. The maximum atomic E-state index is 10.5. The Morgan fingerprint density at radius 2 is 2.00 bits per heavy atom. The second kappa shape index (κ2) is 5.88. The number of aliphatic hydroxyl groups excluding tert-OH is 1. The highest BCUT2D eigenvalue weighted by Crippen LogP contribution is 2.27. The molecule has 1 unspecified atom stereocenters. The molecule has 0 aliphatic rings. The van der Waals surface area contributed by atoms with Crippen LogP contribution in [0.3, 0.4) is 0 Å². The Bertz CT molecular complexity index is 557. The fourth-order valence-electron chi connectivity index (χ4n) is 1.62. The van der Waals surface area contributed by atoms with Gasteiger partial charge in [-0.25, -0.2) is 9.67 Å². The zero-order valence-electron chi connectivity index (χ0n) is 11.9. The molecule has 5 heteroatoms. The van der Waals surface area contributed by atoms with Crippen LogP contribution in [0.4, 0.5) is 0 Å². The highest BCUT2D eigenvalue weighted by Gasteiger charge is 2.28. The summed E-state index contributed by atoms with van der Waals surface area (Å²) in [4.78, 5) is 3.87. The lowest BCUT2D eigenvalue weighted by atomic mass is 9.88. The molecule has 20 heavy (non-hydrogen) atoms. The minimum atomic E-state index is -0.757. The molecule has 0 amide bonds. The highest BCUT2D eigenvalue weighted by molar-refractivity contribution is 5.33. The van der Waals surface area contributed by atoms with E-state index in [1.165, 1.54) is 11.0 Å². The molecule has 5 nitrogen and oxygen atoms in total. The Labute approximate surface area is 118 Å². The van der Waals surface area contributed by atoms with Gasteiger partial charge in [-0.05, 0) is 17.5 Å². The lowest BCUT2D eigenvalue weighted by Crippen LogP contribution is -2.30. The maximum Gasteiger partial charge on any atom is 0.151 e. The van der Waals surface area contributed by atoms with Crippen molar-refractivity contribution < 1.29 is 9.84 Å². The van der Waals surface area contributed by atoms with E-state index in [0.29, 0.717) is 11.5 Å². The van der Waals surface area contributed by atoms with Gasteiger partial charge in [0, 0.05) is 0 Å². The maximum absolute atomic E-state index is 10.5. The highest BCUT2D eigenvalue weighted by atomic mass is 16.5. The molecule has 0 saturated heterocycles. The summed E-state index contributed by atoms with van der Waals surface area (Å²) in [5.41, 5.74) is -0.346. The summed E-state index contributed by atoms with van der Waals surface area (Å²) < 4.78 is 7.31. The van der Waals surface area contributed by atoms with Gasteiger partial charge in [0.2, 0.25) is 0 Å². The van der Waals surface area contributed by atoms with Crippen molar-refractivity contribution in [1.29, 1.82) is 0 Å². The van der Waals surface area contributed by atoms with Crippen LogP contribution in [-0.4, -0.2) is 26.0 Å². The van der Waals surface area contributed by atoms with Crippen molar-refractivity contribution >= 4 is 6.20 Å². The molecule has 1 atom stereocenters. The predicted octanol–water partition coefficient (Wildman–Crippen LogP) is 2.56. The molecule has 0 aliphatic heterocycles. The third-order valence-corrected chi connectivity index (χ3v) is 2.76. The van der Waals surface area contributed by atoms with E-state index < -0.39 is 6.10 Å². The van der Waals surface area contributed by atoms with Crippen molar-refractivity contribution in [2.45, 2.75) is 26.9 Å². The van der Waals surface area contributed by atoms with Gasteiger partial charge in [0.1, 0.15) is 24.5 Å². The second-order valence-corrected chi connectivity index (χ2v) is 5.59. The number of aromatic nitrogens is 3. The van der Waals surface area contributed by atoms with Crippen LogP contribution < -0.4 is 4.74 Å². The fraction of sp³-hybridized carbons (Fsp3) is 0.333. The summed E-state index contributed by atoms with van der Waals surface area (Å²) in [5.74, 6) is 1.09. The number of para-hydroxylation sites is 1. The molecule has 106 valence electrons. The molecule has 0 saturated carbocycles. The summed E-state index contributed by atoms with van der Waals surface area (Å²) in [6.07, 6.45) is 3.85. The first-order valence-electron chi connectivity index (χ1n) is 6.43. The van der Waals surface area contributed by atoms with E-state index in [2.05, 4.69) is 10.1 Å². The van der Waals surface area contributed by atoms with E-state index in [4.69, 9.17) is 4.74 Å². The normalized spacial score (nSPS) is 14.1. The van der Waals surface area contributed by atoms with Gasteiger partial charge >= 0.3 is 0 Å². The number of hydrogen-bond donors (Lipinski definition) is 1. The number of aliphatic hydroxyl groups is 1. The van der Waals surface area contributed by atoms with Crippen LogP contribution in [0.15, 0.2) is 48.7 Å². The van der Waals surface area contributed by atoms with Gasteiger partial charge in [-0.3, -0.25) is 0 Å². The number of ether oxygens (including phenoxy) is 1. The summed E-state index contributed by atoms with van der Waals surface area (Å²) >= 11 is 0. The van der Waals surface area contributed by atoms with E-state index in [1.807, 2.05) is 51.1 Å². The predicted molar refractivity (Wildman–Crippen MR) is 76.8 cm³/mol. The minimum Gasteiger partial charge on any atom is -0.457 e. The molecular formula is C15H19N3O2. The van der Waals surface area contributed by atoms with E-state index >= 15 is 0 Å². The van der Waals surface area contributed by atoms with Gasteiger partial charge in [0.05, 0.1) is 6.20 Å². The Hall–Kier alpha value is -2.14. The van der Waals surface area contributed by atoms with Gasteiger partial charge in [0.25, 0.3) is 0 Å². The number of nitrogens with zero attached hydrogens (tertiary/aromatic N) is 3. The van der Waals surface area contributed by atoms with Gasteiger partial charge in [-0.2, -0.15) is 5.10 Å². The van der Waals surface area contributed by atoms with Gasteiger partial charge in [-0.1, -0.05) is 39.0 Å². The van der Waals surface area contributed by atoms with Crippen LogP contribution in [0.25, 0.3) is 6.20 Å². The summed E-state index contributed by atoms with van der Waals surface area (Å²) in [6, 6.07) is 9.35. The van der Waals surface area contributed by atoms with Crippen molar-refractivity contribution in [3.05, 3.63) is 48.7 Å². The average Bonchev–Trinajstić information content (AvgIpc) is 2.90. The molecule has 2 rings (SSSR count). The molecule has 0 radical (unpaired) electrons. The molecule has 0 fully saturated rings. The molecule has 2 aromatic rings. The number of benzene rings is 1. The topological polar surface area (TPSA) is 60.2 Å². The largest absolute Gasteiger partial charge is 0.457 e. The third-order valence-electron chi connectivity index (χ3n) is 2.76. The standard InChI is InChI=1S/C15H19N3O2/c1-15(2,3)14(19)13(9-18-11-16-10-17-18)20-12-7-5-4-6-8-12/h4-11,14,19H,1-3H3/b13-9-. The quantitative estimate of drug-likeness (QED) is 0.870. The average molecular weight is 273 g/mol. The van der Waals surface area contributed by atoms with Gasteiger partial charge in [-0.15, -0.1) is 0 Å². The molecule has 0 bridgehead atoms. The van der Waals surface area contributed by atoms with Crippen LogP contribution >= 0.6 is 0 Å². The number of rotatable bonds is 4. The van der Waals surface area contributed by atoms with Crippen LogP contribution in [0.1, 0.15) is 20.8 Å². The molecule has 1 N–H and O–H groups in total. The molecule has 1 heterocycles. The van der Waals surface area contributed by atoms with Crippen LogP contribution in [0, 0.1) is 5.41 Å². The van der Waals surface area contributed by atoms with Crippen molar-refractivity contribution in [2.75, 3.05) is 0 Å². The zero-order chi connectivity index (χ0) is 14.6. The molecule has 0 spiro atoms. The fourth-order valence-corrected chi connectivity index (χ4v) is 1.62. The molecule has 1 aromatic heterocycles. The van der Waals surface area contributed by atoms with Crippen LogP contribution in [-0.2, 0) is 0 Å². The third kappa shape index (κ3) is 3.68. The SMILES string of the molecule is CC(C)(C)C(O)/C(=C/n1cncn1)Oc1ccccc1. The smallest absolute Gasteiger partial charge is 0.151 e. The van der Waals surface area contributed by atoms with E-state index in [9.17, 15) is 5.11 Å². The summed E-state index contributed by atoms with van der Waals surface area (Å²) in [6.45, 7) is 5.84. The first-order valence-corrected chi connectivity index (χ1v) is 6.43. The lowest BCUT2D eigenvalue weighted by Gasteiger charge is -2.27. The minimum absolute atomic E-state index is 0.346. The Morgan fingerprint density at radius 3 is 2.55 bits per heavy atom. The van der Waals surface area contributed by atoms with E-state index in [-0.39, 0.29) is 5.41 Å². The first kappa shape index (κ1) is 14.3. The van der Waals surface area contributed by atoms with Crippen molar-refractivity contribution in [3.8, 4) is 5.75 Å². The lowest BCUT2D eigenvalue weighted by molar-refractivity contribution is 0.0636. The first-order chi connectivity index (χ1) is 9.47. The number of hydrogen-bond acceptors (Lipinski definition) is 4. The van der Waals surface area contributed by atoms with Crippen LogP contribution in [0.5, 0.6) is 5.75 Å². The molecule has 1 aromatic carbocycles. The Balaban J connectivity index is 2.30. The Morgan fingerprint density at radius 1 is 1.30 bits per heavy atom. The van der Waals surface area contributed by atoms with Crippen molar-refractivity contribution in [2.24, 2.45) is 5.41 Å². The van der Waals surface area contributed by atoms with E-state index in [1.54, 1.807) is 12.5 Å². The van der Waals surface area contributed by atoms with Crippen LogP contribution in [0.2, 0.25) is 0 Å². The van der Waals surface area contributed by atoms with E-state index in [0.717, 1.165) is 0 Å². The Kier molecular flexibility index (Phi) is 4.20. The summed E-state index contributed by atoms with van der Waals surface area (Å²) in [5, 5.41) is 14.5. The van der Waals surface area contributed by atoms with Crippen molar-refractivity contribution in [3.63, 3.8) is 0 Å². The monoisotopic (exact) mass is 273 g/mol. The van der Waals surface area contributed by atoms with Gasteiger partial charge in [0.15, 0.2) is 5.76 Å².